The number of furan rings is 1. The second-order valence-electron chi connectivity index (χ2n) is 7.65. The van der Waals surface area contributed by atoms with Crippen LogP contribution in [-0.2, 0) is 0 Å². The summed E-state index contributed by atoms with van der Waals surface area (Å²) in [5.41, 5.74) is 5.91. The van der Waals surface area contributed by atoms with Gasteiger partial charge in [0.2, 0.25) is 5.76 Å². The van der Waals surface area contributed by atoms with Crippen molar-refractivity contribution in [3.8, 4) is 16.9 Å². The van der Waals surface area contributed by atoms with Crippen molar-refractivity contribution in [2.24, 2.45) is 5.10 Å². The summed E-state index contributed by atoms with van der Waals surface area (Å²) >= 11 is 6.96. The molecule has 0 saturated carbocycles. The molecular weight excluding hydrogens is 590 g/mol. The summed E-state index contributed by atoms with van der Waals surface area (Å²) in [4.78, 5) is 28.8. The van der Waals surface area contributed by atoms with Crippen molar-refractivity contribution < 1.29 is 18.7 Å². The van der Waals surface area contributed by atoms with Gasteiger partial charge < -0.3 is 14.1 Å². The molecule has 2 N–H and O–H groups in total. The van der Waals surface area contributed by atoms with E-state index in [9.17, 15) is 9.59 Å². The second-order valence-corrected chi connectivity index (χ2v) is 9.42. The smallest absolute Gasteiger partial charge is 0.379 e. The van der Waals surface area contributed by atoms with E-state index in [0.29, 0.717) is 11.3 Å². The van der Waals surface area contributed by atoms with E-state index in [0.717, 1.165) is 31.0 Å². The Kier molecular flexibility index (Phi) is 6.84. The maximum atomic E-state index is 13.2. The van der Waals surface area contributed by atoms with E-state index in [1.165, 1.54) is 18.5 Å². The largest absolute Gasteiger partial charge is 0.457 e. The summed E-state index contributed by atoms with van der Waals surface area (Å²) in [5, 5.41) is 5.03. The fourth-order valence-corrected chi connectivity index (χ4v) is 4.58. The first-order valence-corrected chi connectivity index (χ1v) is 12.3. The third-order valence-electron chi connectivity index (χ3n) is 5.34. The maximum absolute atomic E-state index is 13.2. The van der Waals surface area contributed by atoms with Crippen LogP contribution in [0.1, 0.15) is 26.6 Å². The number of hydrogen-bond donors (Lipinski definition) is 2. The second kappa shape index (κ2) is 10.3. The normalized spacial score (nSPS) is 11.2. The number of hydrazone groups is 1. The van der Waals surface area contributed by atoms with Crippen molar-refractivity contribution in [2.45, 2.75) is 0 Å². The van der Waals surface area contributed by atoms with E-state index in [4.69, 9.17) is 9.15 Å². The van der Waals surface area contributed by atoms with Crippen molar-refractivity contribution >= 4 is 60.9 Å². The van der Waals surface area contributed by atoms with Crippen LogP contribution in [0, 0.1) is 0 Å². The van der Waals surface area contributed by atoms with Crippen LogP contribution >= 0.6 is 31.9 Å². The first kappa shape index (κ1) is 23.8. The Bertz CT molecular complexity index is 1590. The molecule has 7 nitrogen and oxygen atoms in total. The number of nitrogens with one attached hydrogen (secondary N) is 2. The van der Waals surface area contributed by atoms with E-state index < -0.39 is 11.9 Å². The van der Waals surface area contributed by atoms with Crippen LogP contribution in [-0.4, -0.2) is 23.1 Å². The lowest BCUT2D eigenvalue weighted by molar-refractivity contribution is 0.0700. The molecule has 0 unspecified atom stereocenters. The molecule has 0 atom stereocenters. The first-order chi connectivity index (χ1) is 17.5. The molecule has 5 aromatic rings. The molecule has 0 aliphatic carbocycles. The van der Waals surface area contributed by atoms with Gasteiger partial charge in [0.25, 0.3) is 5.91 Å². The molecule has 0 spiro atoms. The summed E-state index contributed by atoms with van der Waals surface area (Å²) in [7, 11) is 0. The number of esters is 1. The predicted molar refractivity (Wildman–Crippen MR) is 144 cm³/mol. The van der Waals surface area contributed by atoms with Crippen LogP contribution in [0.2, 0.25) is 0 Å². The van der Waals surface area contributed by atoms with Gasteiger partial charge in [0, 0.05) is 25.5 Å². The van der Waals surface area contributed by atoms with Gasteiger partial charge in [0.15, 0.2) is 0 Å². The Hall–Kier alpha value is -3.95. The molecule has 0 aliphatic heterocycles. The van der Waals surface area contributed by atoms with Crippen molar-refractivity contribution in [2.75, 3.05) is 0 Å². The predicted octanol–water partition coefficient (Wildman–Crippen LogP) is 6.94. The third kappa shape index (κ3) is 4.89. The lowest BCUT2D eigenvalue weighted by Gasteiger charge is -2.07. The van der Waals surface area contributed by atoms with Crippen molar-refractivity contribution in [3.05, 3.63) is 111 Å². The van der Waals surface area contributed by atoms with Gasteiger partial charge in [-0.05, 0) is 57.9 Å². The van der Waals surface area contributed by atoms with Gasteiger partial charge in [-0.2, -0.15) is 5.10 Å². The quantitative estimate of drug-likeness (QED) is 0.0947. The van der Waals surface area contributed by atoms with Crippen LogP contribution in [0.25, 0.3) is 22.0 Å². The highest BCUT2D eigenvalue weighted by Crippen LogP contribution is 2.35. The van der Waals surface area contributed by atoms with E-state index in [1.54, 1.807) is 24.3 Å². The molecule has 36 heavy (non-hydrogen) atoms. The SMILES string of the molecule is O=C(Oc1ccc(Br)cc1C=NNC(=O)c1[nH]c2c(Br)cccc2c1-c1ccccc1)c1ccco1. The van der Waals surface area contributed by atoms with Crippen molar-refractivity contribution in [1.29, 1.82) is 0 Å². The van der Waals surface area contributed by atoms with E-state index in [1.807, 2.05) is 48.5 Å². The van der Waals surface area contributed by atoms with Gasteiger partial charge in [0.1, 0.15) is 11.4 Å². The van der Waals surface area contributed by atoms with Gasteiger partial charge in [-0.3, -0.25) is 4.79 Å². The number of aromatic nitrogens is 1. The van der Waals surface area contributed by atoms with Gasteiger partial charge in [0.05, 0.1) is 18.0 Å². The number of hydrogen-bond acceptors (Lipinski definition) is 5. The number of carbonyl (C=O) groups excluding carboxylic acids is 2. The number of para-hydroxylation sites is 1. The molecule has 0 fully saturated rings. The Morgan fingerprint density at radius 3 is 2.58 bits per heavy atom. The fraction of sp³-hybridized carbons (Fsp3) is 0. The highest BCUT2D eigenvalue weighted by molar-refractivity contribution is 9.11. The molecule has 5 rings (SSSR count). The van der Waals surface area contributed by atoms with Crippen molar-refractivity contribution in [3.63, 3.8) is 0 Å². The minimum Gasteiger partial charge on any atom is -0.457 e. The van der Waals surface area contributed by atoms with E-state index >= 15 is 0 Å². The maximum Gasteiger partial charge on any atom is 0.379 e. The zero-order chi connectivity index (χ0) is 25.1. The molecule has 2 aromatic heterocycles. The molecule has 2 heterocycles. The number of aromatic amines is 1. The summed E-state index contributed by atoms with van der Waals surface area (Å²) < 4.78 is 12.1. The van der Waals surface area contributed by atoms with Crippen LogP contribution in [0.4, 0.5) is 0 Å². The van der Waals surface area contributed by atoms with Crippen LogP contribution in [0.5, 0.6) is 5.75 Å². The standard InChI is InChI=1S/C27H17Br2N3O4/c28-18-11-12-21(36-27(34)22-10-5-13-35-22)17(14-18)15-30-32-26(33)25-23(16-6-2-1-3-7-16)19-8-4-9-20(29)24(19)31-25/h1-15,31H,(H,32,33). The molecule has 1 amide bonds. The number of ether oxygens (including phenoxy) is 1. The van der Waals surface area contributed by atoms with Crippen LogP contribution in [0.15, 0.2) is 104 Å². The highest BCUT2D eigenvalue weighted by Gasteiger charge is 2.20. The summed E-state index contributed by atoms with van der Waals surface area (Å²) in [6, 6.07) is 23.6. The Morgan fingerprint density at radius 1 is 0.972 bits per heavy atom. The summed E-state index contributed by atoms with van der Waals surface area (Å²) in [6.45, 7) is 0. The molecule has 0 saturated heterocycles. The lowest BCUT2D eigenvalue weighted by Crippen LogP contribution is -2.19. The number of benzene rings is 3. The van der Waals surface area contributed by atoms with E-state index in [-0.39, 0.29) is 11.5 Å². The molecule has 0 bridgehead atoms. The molecule has 9 heteroatoms. The molecule has 0 radical (unpaired) electrons. The summed E-state index contributed by atoms with van der Waals surface area (Å²) in [5.74, 6) is -0.723. The number of halogens is 2. The van der Waals surface area contributed by atoms with Gasteiger partial charge in [-0.25, -0.2) is 10.2 Å². The van der Waals surface area contributed by atoms with Gasteiger partial charge >= 0.3 is 5.97 Å². The number of amides is 1. The molecule has 3 aromatic carbocycles. The average Bonchev–Trinajstić information content (AvgIpc) is 3.55. The minimum atomic E-state index is -0.642. The number of H-pyrrole nitrogens is 1. The lowest BCUT2D eigenvalue weighted by atomic mass is 10.0. The third-order valence-corrected chi connectivity index (χ3v) is 6.49. The Balaban J connectivity index is 1.43. The minimum absolute atomic E-state index is 0.0764. The monoisotopic (exact) mass is 605 g/mol. The molecule has 0 aliphatic rings. The molecule has 178 valence electrons. The van der Waals surface area contributed by atoms with E-state index in [2.05, 4.69) is 47.4 Å². The number of rotatable bonds is 6. The van der Waals surface area contributed by atoms with Crippen molar-refractivity contribution in [1.82, 2.24) is 10.4 Å². The zero-order valence-corrected chi connectivity index (χ0v) is 21.7. The average molecular weight is 607 g/mol. The number of fused-ring (bicyclic) bond motifs is 1. The van der Waals surface area contributed by atoms with Gasteiger partial charge in [-0.15, -0.1) is 0 Å². The highest BCUT2D eigenvalue weighted by atomic mass is 79.9. The molecular formula is C27H17Br2N3O4. The first-order valence-electron chi connectivity index (χ1n) is 10.8. The van der Waals surface area contributed by atoms with Gasteiger partial charge in [-0.1, -0.05) is 58.4 Å². The summed E-state index contributed by atoms with van der Waals surface area (Å²) in [6.07, 6.45) is 2.80. The Labute approximate surface area is 222 Å². The topological polar surface area (TPSA) is 96.7 Å². The number of nitrogens with zero attached hydrogens (tertiary/aromatic N) is 1. The van der Waals surface area contributed by atoms with Crippen LogP contribution in [0.3, 0.4) is 0 Å². The van der Waals surface area contributed by atoms with Crippen LogP contribution < -0.4 is 10.2 Å². The Morgan fingerprint density at radius 2 is 1.81 bits per heavy atom. The fourth-order valence-electron chi connectivity index (χ4n) is 3.73. The number of carbonyl (C=O) groups is 2. The zero-order valence-electron chi connectivity index (χ0n) is 18.5.